The highest BCUT2D eigenvalue weighted by Crippen LogP contribution is 2.61. The number of benzene rings is 1. The van der Waals surface area contributed by atoms with Crippen LogP contribution in [0.1, 0.15) is 88.7 Å². The van der Waals surface area contributed by atoms with Crippen LogP contribution in [-0.4, -0.2) is 17.8 Å². The normalized spacial score (nSPS) is 35.6. The summed E-state index contributed by atoms with van der Waals surface area (Å²) in [6, 6.07) is 6.11. The zero-order valence-corrected chi connectivity index (χ0v) is 16.7. The second kappa shape index (κ2) is 7.54. The van der Waals surface area contributed by atoms with Crippen LogP contribution in [0.4, 0.5) is 0 Å². The lowest BCUT2D eigenvalue weighted by molar-refractivity contribution is -0.0646. The zero-order chi connectivity index (χ0) is 18.1. The molecule has 3 unspecified atom stereocenters. The molecule has 2 saturated carbocycles. The number of rotatable bonds is 6. The van der Waals surface area contributed by atoms with Crippen LogP contribution in [0.15, 0.2) is 18.2 Å². The van der Waals surface area contributed by atoms with E-state index in [-0.39, 0.29) is 0 Å². The van der Waals surface area contributed by atoms with Crippen molar-refractivity contribution in [2.24, 2.45) is 17.3 Å². The number of phenols is 1. The molecule has 3 aliphatic rings. The molecule has 0 saturated heterocycles. The van der Waals surface area contributed by atoms with Gasteiger partial charge in [0.2, 0.25) is 0 Å². The minimum absolute atomic E-state index is 0.389. The van der Waals surface area contributed by atoms with Crippen molar-refractivity contribution in [3.8, 4) is 5.75 Å². The lowest BCUT2D eigenvalue weighted by Crippen LogP contribution is -2.44. The molecule has 144 valence electrons. The largest absolute Gasteiger partial charge is 0.508 e. The average Bonchev–Trinajstić information content (AvgIpc) is 2.97. The molecule has 5 atom stereocenters. The van der Waals surface area contributed by atoms with Crippen molar-refractivity contribution >= 4 is 0 Å². The van der Waals surface area contributed by atoms with E-state index in [2.05, 4.69) is 19.9 Å². The van der Waals surface area contributed by atoms with Crippen LogP contribution in [0.5, 0.6) is 5.75 Å². The van der Waals surface area contributed by atoms with E-state index < -0.39 is 0 Å². The van der Waals surface area contributed by atoms with E-state index in [0.29, 0.717) is 23.2 Å². The van der Waals surface area contributed by atoms with Gasteiger partial charge in [-0.3, -0.25) is 0 Å². The first kappa shape index (κ1) is 18.3. The Morgan fingerprint density at radius 3 is 2.85 bits per heavy atom. The van der Waals surface area contributed by atoms with Gasteiger partial charge in [-0.2, -0.15) is 0 Å². The second-order valence-electron chi connectivity index (χ2n) is 9.34. The fourth-order valence-corrected chi connectivity index (χ4v) is 6.55. The van der Waals surface area contributed by atoms with Crippen LogP contribution < -0.4 is 0 Å². The summed E-state index contributed by atoms with van der Waals surface area (Å²) in [5.74, 6) is 2.78. The minimum Gasteiger partial charge on any atom is -0.508 e. The Hall–Kier alpha value is -1.02. The molecule has 26 heavy (non-hydrogen) atoms. The molecule has 3 aliphatic carbocycles. The molecule has 2 heteroatoms. The highest BCUT2D eigenvalue weighted by molar-refractivity contribution is 5.40. The lowest BCUT2D eigenvalue weighted by Gasteiger charge is -2.50. The van der Waals surface area contributed by atoms with Gasteiger partial charge in [0.25, 0.3) is 0 Å². The smallest absolute Gasteiger partial charge is 0.115 e. The summed E-state index contributed by atoms with van der Waals surface area (Å²) in [6.07, 6.45) is 13.3. The van der Waals surface area contributed by atoms with Crippen LogP contribution in [-0.2, 0) is 11.2 Å². The number of hydrogen-bond acceptors (Lipinski definition) is 2. The first-order valence-electron chi connectivity index (χ1n) is 11.1. The fraction of sp³-hybridized carbons (Fsp3) is 0.750. The van der Waals surface area contributed by atoms with Gasteiger partial charge in [0.05, 0.1) is 6.10 Å². The number of aromatic hydroxyl groups is 1. The number of unbranched alkanes of at least 4 members (excludes halogenated alkanes) is 3. The van der Waals surface area contributed by atoms with Gasteiger partial charge < -0.3 is 9.84 Å². The number of fused-ring (bicyclic) bond motifs is 5. The molecular formula is C24H36O2. The Labute approximate surface area is 159 Å². The van der Waals surface area contributed by atoms with Crippen molar-refractivity contribution in [2.75, 3.05) is 6.61 Å². The van der Waals surface area contributed by atoms with Gasteiger partial charge in [-0.05, 0) is 91.4 Å². The molecule has 0 spiro atoms. The molecule has 0 heterocycles. The lowest BCUT2D eigenvalue weighted by atomic mass is 9.55. The van der Waals surface area contributed by atoms with E-state index in [1.54, 1.807) is 0 Å². The van der Waals surface area contributed by atoms with Gasteiger partial charge in [0.1, 0.15) is 5.75 Å². The number of phenolic OH excluding ortho intramolecular Hbond substituents is 1. The second-order valence-corrected chi connectivity index (χ2v) is 9.34. The molecule has 0 aromatic heterocycles. The molecule has 4 rings (SSSR count). The van der Waals surface area contributed by atoms with Gasteiger partial charge in [0.15, 0.2) is 0 Å². The van der Waals surface area contributed by atoms with Gasteiger partial charge in [-0.1, -0.05) is 39.2 Å². The molecule has 0 aliphatic heterocycles. The van der Waals surface area contributed by atoms with Crippen molar-refractivity contribution in [1.29, 1.82) is 0 Å². The third-order valence-electron chi connectivity index (χ3n) is 7.94. The molecule has 0 amide bonds. The van der Waals surface area contributed by atoms with E-state index in [0.717, 1.165) is 24.9 Å². The number of aryl methyl sites for hydroxylation is 1. The van der Waals surface area contributed by atoms with Crippen molar-refractivity contribution < 1.29 is 9.84 Å². The van der Waals surface area contributed by atoms with Crippen LogP contribution in [0, 0.1) is 17.3 Å². The SMILES string of the molecule is CCCCCCO[C@H]1CCC2C3CCc4cc(O)ccc4C3CC[C@@]21C. The van der Waals surface area contributed by atoms with Crippen molar-refractivity contribution in [3.63, 3.8) is 0 Å². The molecule has 1 N–H and O–H groups in total. The van der Waals surface area contributed by atoms with Crippen LogP contribution >= 0.6 is 0 Å². The standard InChI is InChI=1S/C24H36O2/c1-3-4-5-6-15-26-23-12-11-22-21-9-7-17-16-18(25)8-10-19(17)20(21)13-14-24(22,23)2/h8,10,16,20-23,25H,3-7,9,11-15H2,1-2H3/t20?,21?,22?,23-,24-/m0/s1. The van der Waals surface area contributed by atoms with Crippen molar-refractivity contribution in [3.05, 3.63) is 29.3 Å². The van der Waals surface area contributed by atoms with E-state index in [4.69, 9.17) is 4.74 Å². The van der Waals surface area contributed by atoms with Crippen LogP contribution in [0.2, 0.25) is 0 Å². The van der Waals surface area contributed by atoms with Crippen molar-refractivity contribution in [2.45, 2.75) is 90.1 Å². The van der Waals surface area contributed by atoms with Gasteiger partial charge in [-0.25, -0.2) is 0 Å². The quantitative estimate of drug-likeness (QED) is 0.614. The summed E-state index contributed by atoms with van der Waals surface area (Å²) in [5, 5.41) is 9.83. The summed E-state index contributed by atoms with van der Waals surface area (Å²) < 4.78 is 6.45. The van der Waals surface area contributed by atoms with Gasteiger partial charge >= 0.3 is 0 Å². The third kappa shape index (κ3) is 3.19. The molecule has 2 nitrogen and oxygen atoms in total. The molecule has 1 aromatic carbocycles. The summed E-state index contributed by atoms with van der Waals surface area (Å²) in [4.78, 5) is 0. The molecule has 1 aromatic rings. The predicted molar refractivity (Wildman–Crippen MR) is 107 cm³/mol. The van der Waals surface area contributed by atoms with E-state index in [9.17, 15) is 5.11 Å². The van der Waals surface area contributed by atoms with Gasteiger partial charge in [-0.15, -0.1) is 0 Å². The molecule has 0 radical (unpaired) electrons. The van der Waals surface area contributed by atoms with Crippen LogP contribution in [0.3, 0.4) is 0 Å². The Bertz CT molecular complexity index is 625. The van der Waals surface area contributed by atoms with E-state index in [1.807, 2.05) is 12.1 Å². The topological polar surface area (TPSA) is 29.5 Å². The Kier molecular flexibility index (Phi) is 5.32. The highest BCUT2D eigenvalue weighted by atomic mass is 16.5. The summed E-state index contributed by atoms with van der Waals surface area (Å²) >= 11 is 0. The average molecular weight is 357 g/mol. The van der Waals surface area contributed by atoms with E-state index in [1.165, 1.54) is 68.9 Å². The zero-order valence-electron chi connectivity index (χ0n) is 16.7. The summed E-state index contributed by atoms with van der Waals surface area (Å²) in [7, 11) is 0. The molecule has 2 fully saturated rings. The fourth-order valence-electron chi connectivity index (χ4n) is 6.55. The minimum atomic E-state index is 0.389. The molecular weight excluding hydrogens is 320 g/mol. The summed E-state index contributed by atoms with van der Waals surface area (Å²) in [6.45, 7) is 5.76. The van der Waals surface area contributed by atoms with E-state index >= 15 is 0 Å². The highest BCUT2D eigenvalue weighted by Gasteiger charge is 2.55. The maximum atomic E-state index is 9.83. The summed E-state index contributed by atoms with van der Waals surface area (Å²) in [5.41, 5.74) is 3.32. The first-order chi connectivity index (χ1) is 12.6. The predicted octanol–water partition coefficient (Wildman–Crippen LogP) is 6.21. The van der Waals surface area contributed by atoms with Crippen LogP contribution in [0.25, 0.3) is 0 Å². The monoisotopic (exact) mass is 356 g/mol. The van der Waals surface area contributed by atoms with Crippen molar-refractivity contribution in [1.82, 2.24) is 0 Å². The molecule has 0 bridgehead atoms. The Morgan fingerprint density at radius 2 is 2.00 bits per heavy atom. The third-order valence-corrected chi connectivity index (χ3v) is 7.94. The number of hydrogen-bond donors (Lipinski definition) is 1. The number of ether oxygens (including phenoxy) is 1. The maximum Gasteiger partial charge on any atom is 0.115 e. The Morgan fingerprint density at radius 1 is 1.12 bits per heavy atom. The van der Waals surface area contributed by atoms with Gasteiger partial charge in [0, 0.05) is 6.61 Å². The Balaban J connectivity index is 1.44. The maximum absolute atomic E-state index is 9.83. The first-order valence-corrected chi connectivity index (χ1v) is 11.1.